The number of aliphatic hydroxyl groups excluding tert-OH is 1. The van der Waals surface area contributed by atoms with Crippen LogP contribution < -0.4 is 5.32 Å². The zero-order valence-electron chi connectivity index (χ0n) is 9.86. The summed E-state index contributed by atoms with van der Waals surface area (Å²) < 4.78 is 0. The van der Waals surface area contributed by atoms with Gasteiger partial charge in [0, 0.05) is 17.5 Å². The van der Waals surface area contributed by atoms with E-state index in [9.17, 15) is 5.11 Å². The maximum atomic E-state index is 9.38. The lowest BCUT2D eigenvalue weighted by Crippen LogP contribution is -2.32. The molecule has 1 heterocycles. The molecule has 2 nitrogen and oxygen atoms in total. The maximum Gasteiger partial charge on any atom is 0.0636 e. The van der Waals surface area contributed by atoms with Gasteiger partial charge in [-0.25, -0.2) is 0 Å². The van der Waals surface area contributed by atoms with Crippen LogP contribution in [0.25, 0.3) is 0 Å². The predicted molar refractivity (Wildman–Crippen MR) is 68.7 cm³/mol. The standard InChI is InChI=1S/C13H21NOS/c1-10(15)9-14-13(11-5-2-3-6-11)12-7-4-8-16-12/h4,7-8,10-11,13-15H,2-3,5-6,9H2,1H3/t10-,13?/m1/s1. The van der Waals surface area contributed by atoms with E-state index in [0.29, 0.717) is 12.6 Å². The van der Waals surface area contributed by atoms with Crippen LogP contribution in [-0.2, 0) is 0 Å². The predicted octanol–water partition coefficient (Wildman–Crippen LogP) is 2.95. The molecule has 1 fully saturated rings. The van der Waals surface area contributed by atoms with Crippen LogP contribution in [0.3, 0.4) is 0 Å². The van der Waals surface area contributed by atoms with Crippen molar-refractivity contribution in [2.24, 2.45) is 5.92 Å². The van der Waals surface area contributed by atoms with Gasteiger partial charge >= 0.3 is 0 Å². The Morgan fingerprint density at radius 2 is 2.25 bits per heavy atom. The number of thiophene rings is 1. The molecule has 0 bridgehead atoms. The van der Waals surface area contributed by atoms with Crippen LogP contribution in [-0.4, -0.2) is 17.8 Å². The van der Waals surface area contributed by atoms with Gasteiger partial charge in [-0.1, -0.05) is 18.9 Å². The molecule has 0 saturated heterocycles. The van der Waals surface area contributed by atoms with Gasteiger partial charge in [-0.05, 0) is 37.1 Å². The van der Waals surface area contributed by atoms with E-state index in [-0.39, 0.29) is 6.10 Å². The second-order valence-electron chi connectivity index (χ2n) is 4.79. The average Bonchev–Trinajstić information content (AvgIpc) is 2.88. The fourth-order valence-corrected chi connectivity index (χ4v) is 3.45. The van der Waals surface area contributed by atoms with E-state index in [1.165, 1.54) is 30.6 Å². The molecule has 1 aromatic rings. The summed E-state index contributed by atoms with van der Waals surface area (Å²) in [5.41, 5.74) is 0. The van der Waals surface area contributed by atoms with Crippen molar-refractivity contribution in [3.63, 3.8) is 0 Å². The minimum atomic E-state index is -0.260. The Bertz CT molecular complexity index is 291. The summed E-state index contributed by atoms with van der Waals surface area (Å²) in [6, 6.07) is 4.78. The Balaban J connectivity index is 2.00. The van der Waals surface area contributed by atoms with Crippen LogP contribution in [0.1, 0.15) is 43.5 Å². The zero-order chi connectivity index (χ0) is 11.4. The highest BCUT2D eigenvalue weighted by Gasteiger charge is 2.26. The normalized spacial score (nSPS) is 21.1. The van der Waals surface area contributed by atoms with Gasteiger partial charge in [0.25, 0.3) is 0 Å². The van der Waals surface area contributed by atoms with Crippen molar-refractivity contribution in [2.75, 3.05) is 6.54 Å². The van der Waals surface area contributed by atoms with Crippen molar-refractivity contribution in [3.8, 4) is 0 Å². The van der Waals surface area contributed by atoms with E-state index in [2.05, 4.69) is 22.8 Å². The summed E-state index contributed by atoms with van der Waals surface area (Å²) in [6.07, 6.45) is 5.13. The smallest absolute Gasteiger partial charge is 0.0636 e. The quantitative estimate of drug-likeness (QED) is 0.828. The molecule has 16 heavy (non-hydrogen) atoms. The zero-order valence-corrected chi connectivity index (χ0v) is 10.7. The summed E-state index contributed by atoms with van der Waals surface area (Å²) in [5, 5.41) is 15.0. The molecule has 1 saturated carbocycles. The highest BCUT2D eigenvalue weighted by molar-refractivity contribution is 7.10. The van der Waals surface area contributed by atoms with Gasteiger partial charge in [0.15, 0.2) is 0 Å². The minimum absolute atomic E-state index is 0.260. The first-order chi connectivity index (χ1) is 7.77. The van der Waals surface area contributed by atoms with E-state index in [1.54, 1.807) is 0 Å². The second kappa shape index (κ2) is 5.80. The Kier molecular flexibility index (Phi) is 4.38. The monoisotopic (exact) mass is 239 g/mol. The molecule has 0 aromatic carbocycles. The number of hydrogen-bond acceptors (Lipinski definition) is 3. The van der Waals surface area contributed by atoms with Crippen molar-refractivity contribution in [1.82, 2.24) is 5.32 Å². The lowest BCUT2D eigenvalue weighted by Gasteiger charge is -2.24. The first kappa shape index (κ1) is 12.1. The van der Waals surface area contributed by atoms with E-state index in [4.69, 9.17) is 0 Å². The molecular formula is C13H21NOS. The van der Waals surface area contributed by atoms with Gasteiger partial charge in [-0.2, -0.15) is 0 Å². The summed E-state index contributed by atoms with van der Waals surface area (Å²) in [5.74, 6) is 0.761. The van der Waals surface area contributed by atoms with Gasteiger partial charge in [0.05, 0.1) is 6.10 Å². The SMILES string of the molecule is C[C@@H](O)CNC(c1cccs1)C1CCCC1. The van der Waals surface area contributed by atoms with E-state index in [0.717, 1.165) is 5.92 Å². The molecule has 2 atom stereocenters. The fraction of sp³-hybridized carbons (Fsp3) is 0.692. The van der Waals surface area contributed by atoms with Crippen LogP contribution in [0.2, 0.25) is 0 Å². The lowest BCUT2D eigenvalue weighted by molar-refractivity contribution is 0.180. The Hall–Kier alpha value is -0.380. The van der Waals surface area contributed by atoms with E-state index >= 15 is 0 Å². The minimum Gasteiger partial charge on any atom is -0.392 e. The summed E-state index contributed by atoms with van der Waals surface area (Å²) in [7, 11) is 0. The summed E-state index contributed by atoms with van der Waals surface area (Å²) >= 11 is 1.83. The average molecular weight is 239 g/mol. The molecule has 1 aliphatic rings. The molecule has 1 aromatic heterocycles. The number of rotatable bonds is 5. The van der Waals surface area contributed by atoms with Crippen molar-refractivity contribution in [2.45, 2.75) is 44.8 Å². The van der Waals surface area contributed by atoms with Gasteiger partial charge in [0.2, 0.25) is 0 Å². The molecule has 0 aliphatic heterocycles. The molecule has 2 N–H and O–H groups in total. The Morgan fingerprint density at radius 1 is 1.50 bits per heavy atom. The van der Waals surface area contributed by atoms with Crippen molar-refractivity contribution < 1.29 is 5.11 Å². The van der Waals surface area contributed by atoms with Crippen LogP contribution in [0.5, 0.6) is 0 Å². The molecule has 3 heteroatoms. The van der Waals surface area contributed by atoms with Crippen LogP contribution in [0, 0.1) is 5.92 Å². The van der Waals surface area contributed by atoms with Crippen molar-refractivity contribution >= 4 is 11.3 Å². The maximum absolute atomic E-state index is 9.38. The molecule has 2 rings (SSSR count). The van der Waals surface area contributed by atoms with Crippen molar-refractivity contribution in [3.05, 3.63) is 22.4 Å². The largest absolute Gasteiger partial charge is 0.392 e. The fourth-order valence-electron chi connectivity index (χ4n) is 2.56. The Morgan fingerprint density at radius 3 is 2.81 bits per heavy atom. The third kappa shape index (κ3) is 3.06. The number of nitrogens with one attached hydrogen (secondary N) is 1. The second-order valence-corrected chi connectivity index (χ2v) is 5.77. The first-order valence-corrected chi connectivity index (χ1v) is 7.10. The van der Waals surface area contributed by atoms with Gasteiger partial charge in [0.1, 0.15) is 0 Å². The third-order valence-corrected chi connectivity index (χ3v) is 4.31. The lowest BCUT2D eigenvalue weighted by atomic mass is 9.96. The van der Waals surface area contributed by atoms with E-state index < -0.39 is 0 Å². The van der Waals surface area contributed by atoms with Crippen molar-refractivity contribution in [1.29, 1.82) is 0 Å². The van der Waals surface area contributed by atoms with Gasteiger partial charge in [-0.15, -0.1) is 11.3 Å². The highest BCUT2D eigenvalue weighted by Crippen LogP contribution is 2.37. The molecule has 0 spiro atoms. The molecule has 90 valence electrons. The molecule has 0 amide bonds. The van der Waals surface area contributed by atoms with Gasteiger partial charge in [-0.3, -0.25) is 0 Å². The first-order valence-electron chi connectivity index (χ1n) is 6.22. The summed E-state index contributed by atoms with van der Waals surface area (Å²) in [6.45, 7) is 2.53. The molecule has 0 radical (unpaired) electrons. The summed E-state index contributed by atoms with van der Waals surface area (Å²) in [4.78, 5) is 1.42. The number of aliphatic hydroxyl groups is 1. The molecule has 1 aliphatic carbocycles. The van der Waals surface area contributed by atoms with Crippen LogP contribution >= 0.6 is 11.3 Å². The third-order valence-electron chi connectivity index (χ3n) is 3.35. The van der Waals surface area contributed by atoms with Crippen LogP contribution in [0.4, 0.5) is 0 Å². The highest BCUT2D eigenvalue weighted by atomic mass is 32.1. The Labute approximate surface area is 102 Å². The molecular weight excluding hydrogens is 218 g/mol. The van der Waals surface area contributed by atoms with E-state index in [1.807, 2.05) is 18.3 Å². The number of hydrogen-bond donors (Lipinski definition) is 2. The molecule has 1 unspecified atom stereocenters. The van der Waals surface area contributed by atoms with Crippen LogP contribution in [0.15, 0.2) is 17.5 Å². The topological polar surface area (TPSA) is 32.3 Å². The van der Waals surface area contributed by atoms with Gasteiger partial charge < -0.3 is 10.4 Å².